The first kappa shape index (κ1) is 26.4. The molecule has 178 valence electrons. The normalized spacial score (nSPS) is 16.2. The van der Waals surface area contributed by atoms with Crippen LogP contribution in [-0.2, 0) is 17.8 Å². The first-order valence-electron chi connectivity index (χ1n) is 11.3. The quantitative estimate of drug-likeness (QED) is 0.249. The first-order chi connectivity index (χ1) is 15.1. The standard InChI is InChI=1S/C24H36N4O3.HI/c1-5-19(6-2)22-12-21(31-28-22)14-27-24(25-4)26-13-20-8-7-17(3)11-23(20)30-16-18-9-10-29-15-18;/h7-8,11-12,18-19H,5-6,9-10,13-16H2,1-4H3,(H2,25,26,27);1H. The first-order valence-corrected chi connectivity index (χ1v) is 11.3. The molecule has 1 aromatic carbocycles. The third-order valence-corrected chi connectivity index (χ3v) is 5.80. The summed E-state index contributed by atoms with van der Waals surface area (Å²) >= 11 is 0. The highest BCUT2D eigenvalue weighted by Crippen LogP contribution is 2.23. The van der Waals surface area contributed by atoms with Crippen LogP contribution in [0, 0.1) is 12.8 Å². The SMILES string of the molecule is CCC(CC)c1cc(CNC(=NC)NCc2ccc(C)cc2OCC2CCOC2)on1.I. The fourth-order valence-corrected chi connectivity index (χ4v) is 3.75. The van der Waals surface area contributed by atoms with Crippen molar-refractivity contribution < 1.29 is 14.0 Å². The zero-order valence-corrected chi connectivity index (χ0v) is 22.0. The summed E-state index contributed by atoms with van der Waals surface area (Å²) in [4.78, 5) is 4.32. The molecule has 0 bridgehead atoms. The second-order valence-electron chi connectivity index (χ2n) is 8.16. The maximum Gasteiger partial charge on any atom is 0.191 e. The Kier molecular flexibility index (Phi) is 11.3. The lowest BCUT2D eigenvalue weighted by molar-refractivity contribution is 0.166. The summed E-state index contributed by atoms with van der Waals surface area (Å²) in [6, 6.07) is 8.34. The summed E-state index contributed by atoms with van der Waals surface area (Å²) in [5.74, 6) is 3.35. The number of aliphatic imine (C=N–C) groups is 1. The predicted molar refractivity (Wildman–Crippen MR) is 138 cm³/mol. The Morgan fingerprint density at radius 3 is 2.69 bits per heavy atom. The highest BCUT2D eigenvalue weighted by molar-refractivity contribution is 14.0. The van der Waals surface area contributed by atoms with Crippen molar-refractivity contribution in [2.45, 2.75) is 59.0 Å². The van der Waals surface area contributed by atoms with Crippen molar-refractivity contribution in [3.63, 3.8) is 0 Å². The number of nitrogens with zero attached hydrogens (tertiary/aromatic N) is 2. The molecule has 7 nitrogen and oxygen atoms in total. The Morgan fingerprint density at radius 1 is 1.22 bits per heavy atom. The van der Waals surface area contributed by atoms with Crippen LogP contribution in [0.25, 0.3) is 0 Å². The molecule has 0 saturated carbocycles. The van der Waals surface area contributed by atoms with Gasteiger partial charge in [-0.15, -0.1) is 24.0 Å². The molecule has 1 saturated heterocycles. The van der Waals surface area contributed by atoms with Crippen LogP contribution in [0.3, 0.4) is 0 Å². The zero-order chi connectivity index (χ0) is 22.1. The molecule has 0 aliphatic carbocycles. The summed E-state index contributed by atoms with van der Waals surface area (Å²) in [5, 5.41) is 10.9. The molecule has 32 heavy (non-hydrogen) atoms. The van der Waals surface area contributed by atoms with E-state index in [4.69, 9.17) is 14.0 Å². The highest BCUT2D eigenvalue weighted by atomic mass is 127. The number of halogens is 1. The van der Waals surface area contributed by atoms with E-state index in [2.05, 4.69) is 59.8 Å². The maximum absolute atomic E-state index is 6.14. The van der Waals surface area contributed by atoms with Crippen LogP contribution in [0.15, 0.2) is 33.8 Å². The Labute approximate surface area is 208 Å². The molecule has 0 radical (unpaired) electrons. The Balaban J connectivity index is 0.00000363. The van der Waals surface area contributed by atoms with Crippen LogP contribution in [0.5, 0.6) is 5.75 Å². The zero-order valence-electron chi connectivity index (χ0n) is 19.6. The average Bonchev–Trinajstić information content (AvgIpc) is 3.47. The minimum Gasteiger partial charge on any atom is -0.493 e. The van der Waals surface area contributed by atoms with Gasteiger partial charge in [0.15, 0.2) is 11.7 Å². The van der Waals surface area contributed by atoms with Crippen molar-refractivity contribution in [2.24, 2.45) is 10.9 Å². The number of guanidine groups is 1. The van der Waals surface area contributed by atoms with Crippen LogP contribution in [0.1, 0.15) is 61.6 Å². The van der Waals surface area contributed by atoms with E-state index in [0.717, 1.165) is 55.2 Å². The smallest absolute Gasteiger partial charge is 0.191 e. The lowest BCUT2D eigenvalue weighted by Gasteiger charge is -2.16. The molecule has 1 aromatic heterocycles. The van der Waals surface area contributed by atoms with E-state index < -0.39 is 0 Å². The molecule has 8 heteroatoms. The largest absolute Gasteiger partial charge is 0.493 e. The number of hydrogen-bond donors (Lipinski definition) is 2. The topological polar surface area (TPSA) is 80.9 Å². The number of hydrogen-bond acceptors (Lipinski definition) is 5. The highest BCUT2D eigenvalue weighted by Gasteiger charge is 2.17. The van der Waals surface area contributed by atoms with Crippen molar-refractivity contribution in [2.75, 3.05) is 26.9 Å². The molecule has 1 aliphatic heterocycles. The molecule has 1 fully saturated rings. The number of nitrogens with one attached hydrogen (secondary N) is 2. The summed E-state index contributed by atoms with van der Waals surface area (Å²) in [5.41, 5.74) is 3.31. The van der Waals surface area contributed by atoms with Gasteiger partial charge in [-0.3, -0.25) is 4.99 Å². The minimum absolute atomic E-state index is 0. The molecular formula is C24H37IN4O3. The molecule has 1 atom stereocenters. The third-order valence-electron chi connectivity index (χ3n) is 5.80. The summed E-state index contributed by atoms with van der Waals surface area (Å²) in [6.07, 6.45) is 3.19. The molecule has 2 heterocycles. The van der Waals surface area contributed by atoms with E-state index in [-0.39, 0.29) is 24.0 Å². The van der Waals surface area contributed by atoms with E-state index in [0.29, 0.717) is 37.5 Å². The van der Waals surface area contributed by atoms with Crippen molar-refractivity contribution in [1.29, 1.82) is 0 Å². The van der Waals surface area contributed by atoms with Crippen LogP contribution >= 0.6 is 24.0 Å². The Morgan fingerprint density at radius 2 is 2.00 bits per heavy atom. The minimum atomic E-state index is 0. The van der Waals surface area contributed by atoms with Gasteiger partial charge in [0.2, 0.25) is 0 Å². The van der Waals surface area contributed by atoms with Crippen molar-refractivity contribution >= 4 is 29.9 Å². The molecule has 2 N–H and O–H groups in total. The van der Waals surface area contributed by atoms with E-state index in [9.17, 15) is 0 Å². The van der Waals surface area contributed by atoms with Crippen LogP contribution in [0.4, 0.5) is 0 Å². The van der Waals surface area contributed by atoms with Gasteiger partial charge in [0.1, 0.15) is 5.75 Å². The average molecular weight is 556 g/mol. The van der Waals surface area contributed by atoms with Gasteiger partial charge < -0.3 is 24.6 Å². The molecule has 3 rings (SSSR count). The van der Waals surface area contributed by atoms with Crippen LogP contribution < -0.4 is 15.4 Å². The second kappa shape index (κ2) is 13.7. The fourth-order valence-electron chi connectivity index (χ4n) is 3.75. The van der Waals surface area contributed by atoms with Crippen molar-refractivity contribution in [1.82, 2.24) is 15.8 Å². The van der Waals surface area contributed by atoms with Gasteiger partial charge in [-0.2, -0.15) is 0 Å². The van der Waals surface area contributed by atoms with E-state index in [1.807, 2.05) is 6.07 Å². The van der Waals surface area contributed by atoms with Gasteiger partial charge in [0.05, 0.1) is 25.5 Å². The van der Waals surface area contributed by atoms with E-state index >= 15 is 0 Å². The number of benzene rings is 1. The molecule has 0 spiro atoms. The van der Waals surface area contributed by atoms with Gasteiger partial charge >= 0.3 is 0 Å². The predicted octanol–water partition coefficient (Wildman–Crippen LogP) is 4.79. The number of aryl methyl sites for hydroxylation is 1. The Bertz CT molecular complexity index is 846. The van der Waals surface area contributed by atoms with Gasteiger partial charge in [-0.1, -0.05) is 31.1 Å². The monoisotopic (exact) mass is 556 g/mol. The lowest BCUT2D eigenvalue weighted by Crippen LogP contribution is -2.36. The lowest BCUT2D eigenvalue weighted by atomic mass is 9.99. The maximum atomic E-state index is 6.14. The molecule has 0 amide bonds. The molecular weight excluding hydrogens is 519 g/mol. The van der Waals surface area contributed by atoms with Gasteiger partial charge in [-0.05, 0) is 37.8 Å². The van der Waals surface area contributed by atoms with Crippen LogP contribution in [0.2, 0.25) is 0 Å². The number of aromatic nitrogens is 1. The molecule has 2 aromatic rings. The summed E-state index contributed by atoms with van der Waals surface area (Å²) in [6.45, 7) is 9.90. The third kappa shape index (κ3) is 7.65. The van der Waals surface area contributed by atoms with Crippen LogP contribution in [-0.4, -0.2) is 38.0 Å². The number of ether oxygens (including phenoxy) is 2. The second-order valence-corrected chi connectivity index (χ2v) is 8.16. The Hall–Kier alpha value is -1.81. The van der Waals surface area contributed by atoms with Gasteiger partial charge in [0, 0.05) is 43.7 Å². The fraction of sp³-hybridized carbons (Fsp3) is 0.583. The summed E-state index contributed by atoms with van der Waals surface area (Å²) in [7, 11) is 1.76. The van der Waals surface area contributed by atoms with E-state index in [1.165, 1.54) is 5.56 Å². The number of rotatable bonds is 10. The van der Waals surface area contributed by atoms with Crippen molar-refractivity contribution in [3.05, 3.63) is 46.8 Å². The van der Waals surface area contributed by atoms with Gasteiger partial charge in [0.25, 0.3) is 0 Å². The molecule has 1 aliphatic rings. The van der Waals surface area contributed by atoms with E-state index in [1.54, 1.807) is 7.05 Å². The molecule has 1 unspecified atom stereocenters. The van der Waals surface area contributed by atoms with Gasteiger partial charge in [-0.25, -0.2) is 0 Å². The summed E-state index contributed by atoms with van der Waals surface area (Å²) < 4.78 is 17.1. The van der Waals surface area contributed by atoms with Crippen molar-refractivity contribution in [3.8, 4) is 5.75 Å².